The van der Waals surface area contributed by atoms with Crippen LogP contribution in [0.15, 0.2) is 35.1 Å². The number of nitrogens with one attached hydrogen (secondary N) is 2. The minimum absolute atomic E-state index is 0.157. The van der Waals surface area contributed by atoms with Crippen LogP contribution in [0.4, 0.5) is 5.69 Å². The van der Waals surface area contributed by atoms with Gasteiger partial charge in [-0.25, -0.2) is 10.1 Å². The average molecular weight is 309 g/mol. The van der Waals surface area contributed by atoms with E-state index in [1.165, 1.54) is 25.0 Å². The Morgan fingerprint density at radius 1 is 1.30 bits per heavy atom. The highest BCUT2D eigenvalue weighted by Gasteiger charge is 2.28. The van der Waals surface area contributed by atoms with Crippen LogP contribution < -0.4 is 10.9 Å². The molecule has 1 aliphatic rings. The van der Waals surface area contributed by atoms with Crippen LogP contribution in [-0.4, -0.2) is 25.7 Å². The van der Waals surface area contributed by atoms with Gasteiger partial charge in [0.15, 0.2) is 0 Å². The van der Waals surface area contributed by atoms with Crippen LogP contribution in [0.5, 0.6) is 0 Å². The van der Waals surface area contributed by atoms with Crippen LogP contribution in [0.2, 0.25) is 0 Å². The number of benzene rings is 1. The van der Waals surface area contributed by atoms with Gasteiger partial charge in [0.2, 0.25) is 0 Å². The van der Waals surface area contributed by atoms with E-state index in [-0.39, 0.29) is 17.2 Å². The standard InChI is InChI=1S/C16H15N5O2/c1-21-13-6-4-10(8-12(13)18-15(21)9-2-3-9)17-16(23)11-5-7-14(22)20-19-11/h4-9H,2-3H2,1H3,(H,17,23)(H,20,22). The van der Waals surface area contributed by atoms with Crippen LogP contribution in [-0.2, 0) is 7.05 Å². The summed E-state index contributed by atoms with van der Waals surface area (Å²) >= 11 is 0. The lowest BCUT2D eigenvalue weighted by atomic mass is 10.2. The van der Waals surface area contributed by atoms with E-state index in [0.717, 1.165) is 16.9 Å². The van der Waals surface area contributed by atoms with Gasteiger partial charge in [-0.1, -0.05) is 0 Å². The van der Waals surface area contributed by atoms with Crippen molar-refractivity contribution in [3.8, 4) is 0 Å². The normalized spacial score (nSPS) is 14.1. The van der Waals surface area contributed by atoms with Gasteiger partial charge in [0.05, 0.1) is 11.0 Å². The van der Waals surface area contributed by atoms with E-state index >= 15 is 0 Å². The molecule has 2 aromatic heterocycles. The molecule has 1 aromatic carbocycles. The second kappa shape index (κ2) is 5.05. The molecule has 2 N–H and O–H groups in total. The number of hydrogen-bond donors (Lipinski definition) is 2. The Bertz CT molecular complexity index is 948. The van der Waals surface area contributed by atoms with Crippen molar-refractivity contribution >= 4 is 22.6 Å². The summed E-state index contributed by atoms with van der Waals surface area (Å²) in [6.45, 7) is 0. The Balaban J connectivity index is 1.62. The first-order chi connectivity index (χ1) is 11.1. The highest BCUT2D eigenvalue weighted by atomic mass is 16.2. The molecular formula is C16H15N5O2. The summed E-state index contributed by atoms with van der Waals surface area (Å²) in [5.74, 6) is 1.29. The molecule has 1 amide bonds. The SMILES string of the molecule is Cn1c(C2CC2)nc2cc(NC(=O)c3ccc(=O)[nH]n3)ccc21. The zero-order valence-corrected chi connectivity index (χ0v) is 12.5. The molecule has 23 heavy (non-hydrogen) atoms. The minimum atomic E-state index is -0.376. The number of carbonyl (C=O) groups excluding carboxylic acids is 1. The fraction of sp³-hybridized carbons (Fsp3) is 0.250. The molecule has 0 atom stereocenters. The predicted molar refractivity (Wildman–Crippen MR) is 85.5 cm³/mol. The number of aromatic amines is 1. The van der Waals surface area contributed by atoms with E-state index in [1.54, 1.807) is 0 Å². The van der Waals surface area contributed by atoms with Crippen LogP contribution in [0.25, 0.3) is 11.0 Å². The van der Waals surface area contributed by atoms with Gasteiger partial charge < -0.3 is 9.88 Å². The first-order valence-corrected chi connectivity index (χ1v) is 7.45. The Morgan fingerprint density at radius 2 is 2.13 bits per heavy atom. The topological polar surface area (TPSA) is 92.7 Å². The molecule has 2 heterocycles. The number of amides is 1. The van der Waals surface area contributed by atoms with Crippen LogP contribution in [0.3, 0.4) is 0 Å². The summed E-state index contributed by atoms with van der Waals surface area (Å²) in [6.07, 6.45) is 2.39. The molecule has 3 aromatic rings. The monoisotopic (exact) mass is 309 g/mol. The maximum atomic E-state index is 12.1. The smallest absolute Gasteiger partial charge is 0.276 e. The average Bonchev–Trinajstić information content (AvgIpc) is 3.33. The van der Waals surface area contributed by atoms with Crippen molar-refractivity contribution in [3.05, 3.63) is 52.2 Å². The Kier molecular flexibility index (Phi) is 3.00. The van der Waals surface area contributed by atoms with Gasteiger partial charge in [-0.05, 0) is 37.1 Å². The van der Waals surface area contributed by atoms with E-state index < -0.39 is 0 Å². The van der Waals surface area contributed by atoms with Crippen molar-refractivity contribution in [2.75, 3.05) is 5.32 Å². The first kappa shape index (κ1) is 13.7. The third-order valence-electron chi connectivity index (χ3n) is 4.03. The molecule has 4 rings (SSSR count). The molecule has 0 saturated heterocycles. The van der Waals surface area contributed by atoms with E-state index in [0.29, 0.717) is 11.6 Å². The van der Waals surface area contributed by atoms with Crippen LogP contribution >= 0.6 is 0 Å². The highest BCUT2D eigenvalue weighted by Crippen LogP contribution is 2.40. The van der Waals surface area contributed by atoms with Gasteiger partial charge in [-0.3, -0.25) is 9.59 Å². The van der Waals surface area contributed by atoms with Crippen molar-refractivity contribution in [1.82, 2.24) is 19.7 Å². The van der Waals surface area contributed by atoms with Gasteiger partial charge in [-0.15, -0.1) is 0 Å². The van der Waals surface area contributed by atoms with Crippen molar-refractivity contribution < 1.29 is 4.79 Å². The molecule has 0 aliphatic heterocycles. The molecule has 0 radical (unpaired) electrons. The number of anilines is 1. The molecule has 1 saturated carbocycles. The number of carbonyl (C=O) groups is 1. The molecule has 7 heteroatoms. The second-order valence-electron chi connectivity index (χ2n) is 5.77. The van der Waals surface area contributed by atoms with Crippen molar-refractivity contribution in [3.63, 3.8) is 0 Å². The molecule has 7 nitrogen and oxygen atoms in total. The van der Waals surface area contributed by atoms with E-state index in [4.69, 9.17) is 0 Å². The van der Waals surface area contributed by atoms with Gasteiger partial charge in [0, 0.05) is 24.7 Å². The number of fused-ring (bicyclic) bond motifs is 1. The van der Waals surface area contributed by atoms with Crippen molar-refractivity contribution in [2.24, 2.45) is 7.05 Å². The molecule has 1 aliphatic carbocycles. The molecule has 0 bridgehead atoms. The van der Waals surface area contributed by atoms with Gasteiger partial charge in [-0.2, -0.15) is 5.10 Å². The summed E-state index contributed by atoms with van der Waals surface area (Å²) in [5.41, 5.74) is 2.37. The minimum Gasteiger partial charge on any atom is -0.331 e. The predicted octanol–water partition coefficient (Wildman–Crippen LogP) is 1.79. The number of nitrogens with zero attached hydrogens (tertiary/aromatic N) is 3. The third-order valence-corrected chi connectivity index (χ3v) is 4.03. The summed E-state index contributed by atoms with van der Waals surface area (Å²) < 4.78 is 2.11. The molecule has 1 fully saturated rings. The first-order valence-electron chi connectivity index (χ1n) is 7.45. The summed E-state index contributed by atoms with van der Waals surface area (Å²) in [5, 5.41) is 8.73. The molecular weight excluding hydrogens is 294 g/mol. The lowest BCUT2D eigenvalue weighted by molar-refractivity contribution is 0.102. The van der Waals surface area contributed by atoms with E-state index in [2.05, 4.69) is 25.1 Å². The summed E-state index contributed by atoms with van der Waals surface area (Å²) in [7, 11) is 2.02. The number of H-pyrrole nitrogens is 1. The maximum absolute atomic E-state index is 12.1. The molecule has 116 valence electrons. The number of rotatable bonds is 3. The largest absolute Gasteiger partial charge is 0.331 e. The lowest BCUT2D eigenvalue weighted by Crippen LogP contribution is -2.17. The van der Waals surface area contributed by atoms with Gasteiger partial charge in [0.25, 0.3) is 11.5 Å². The Labute approximate surface area is 131 Å². The van der Waals surface area contributed by atoms with Gasteiger partial charge >= 0.3 is 0 Å². The summed E-state index contributed by atoms with van der Waals surface area (Å²) in [4.78, 5) is 27.8. The number of aromatic nitrogens is 4. The fourth-order valence-electron chi connectivity index (χ4n) is 2.67. The Hall–Kier alpha value is -2.96. The van der Waals surface area contributed by atoms with Crippen molar-refractivity contribution in [2.45, 2.75) is 18.8 Å². The number of aryl methyl sites for hydroxylation is 1. The Morgan fingerprint density at radius 3 is 2.83 bits per heavy atom. The maximum Gasteiger partial charge on any atom is 0.276 e. The zero-order valence-electron chi connectivity index (χ0n) is 12.5. The molecule has 0 unspecified atom stereocenters. The van der Waals surface area contributed by atoms with E-state index in [1.807, 2.05) is 25.2 Å². The van der Waals surface area contributed by atoms with E-state index in [9.17, 15) is 9.59 Å². The number of imidazole rings is 1. The second-order valence-corrected chi connectivity index (χ2v) is 5.77. The lowest BCUT2D eigenvalue weighted by Gasteiger charge is -2.04. The quantitative estimate of drug-likeness (QED) is 0.771. The third kappa shape index (κ3) is 2.50. The fourth-order valence-corrected chi connectivity index (χ4v) is 2.67. The highest BCUT2D eigenvalue weighted by molar-refractivity contribution is 6.03. The van der Waals surface area contributed by atoms with Crippen molar-refractivity contribution in [1.29, 1.82) is 0 Å². The van der Waals surface area contributed by atoms with Crippen LogP contribution in [0, 0.1) is 0 Å². The molecule has 0 spiro atoms. The zero-order chi connectivity index (χ0) is 16.0. The number of hydrogen-bond acceptors (Lipinski definition) is 4. The summed E-state index contributed by atoms with van der Waals surface area (Å²) in [6, 6.07) is 8.30. The van der Waals surface area contributed by atoms with Crippen LogP contribution in [0.1, 0.15) is 35.1 Å². The van der Waals surface area contributed by atoms with Gasteiger partial charge in [0.1, 0.15) is 11.5 Å².